The van der Waals surface area contributed by atoms with Crippen molar-refractivity contribution in [2.45, 2.75) is 13.0 Å². The fourth-order valence-electron chi connectivity index (χ4n) is 1.96. The van der Waals surface area contributed by atoms with Gasteiger partial charge in [-0.15, -0.1) is 0 Å². The predicted molar refractivity (Wildman–Crippen MR) is 79.1 cm³/mol. The van der Waals surface area contributed by atoms with Crippen LogP contribution in [0.1, 0.15) is 18.9 Å². The third kappa shape index (κ3) is 2.95. The molecule has 6 heteroatoms. The van der Waals surface area contributed by atoms with Gasteiger partial charge < -0.3 is 23.9 Å². The van der Waals surface area contributed by atoms with Gasteiger partial charge >= 0.3 is 0 Å². The van der Waals surface area contributed by atoms with Crippen LogP contribution in [0.4, 0.5) is 0 Å². The van der Waals surface area contributed by atoms with E-state index in [1.165, 1.54) is 0 Å². The van der Waals surface area contributed by atoms with Crippen molar-refractivity contribution in [3.05, 3.63) is 24.2 Å². The van der Waals surface area contributed by atoms with Crippen molar-refractivity contribution in [2.75, 3.05) is 28.4 Å². The van der Waals surface area contributed by atoms with E-state index in [0.29, 0.717) is 28.9 Å². The van der Waals surface area contributed by atoms with Gasteiger partial charge in [-0.05, 0) is 20.0 Å². The molecule has 2 rings (SSSR count). The van der Waals surface area contributed by atoms with Gasteiger partial charge in [0.25, 0.3) is 0 Å². The summed E-state index contributed by atoms with van der Waals surface area (Å²) >= 11 is 0. The predicted octanol–water partition coefficient (Wildman–Crippen LogP) is 2.65. The average molecular weight is 292 g/mol. The smallest absolute Gasteiger partial charge is 0.211 e. The van der Waals surface area contributed by atoms with Crippen molar-refractivity contribution in [1.82, 2.24) is 10.3 Å². The summed E-state index contributed by atoms with van der Waals surface area (Å²) in [5, 5.41) is 3.08. The van der Waals surface area contributed by atoms with Crippen molar-refractivity contribution in [3.63, 3.8) is 0 Å². The van der Waals surface area contributed by atoms with E-state index >= 15 is 0 Å². The van der Waals surface area contributed by atoms with Crippen LogP contribution in [-0.2, 0) is 0 Å². The highest BCUT2D eigenvalue weighted by Crippen LogP contribution is 2.40. The van der Waals surface area contributed by atoms with E-state index < -0.39 is 0 Å². The largest absolute Gasteiger partial charge is 0.496 e. The second-order valence-electron chi connectivity index (χ2n) is 4.48. The van der Waals surface area contributed by atoms with E-state index in [1.807, 2.05) is 20.0 Å². The zero-order valence-electron chi connectivity index (χ0n) is 12.9. The van der Waals surface area contributed by atoms with E-state index in [-0.39, 0.29) is 6.04 Å². The molecule has 1 unspecified atom stereocenters. The van der Waals surface area contributed by atoms with Crippen LogP contribution in [-0.4, -0.2) is 33.4 Å². The lowest BCUT2D eigenvalue weighted by atomic mass is 10.1. The molecule has 114 valence electrons. The molecule has 21 heavy (non-hydrogen) atoms. The molecule has 0 aliphatic rings. The zero-order valence-corrected chi connectivity index (χ0v) is 12.9. The van der Waals surface area contributed by atoms with Gasteiger partial charge in [-0.2, -0.15) is 0 Å². The molecule has 0 saturated heterocycles. The maximum atomic E-state index is 5.79. The van der Waals surface area contributed by atoms with Gasteiger partial charge in [0.1, 0.15) is 5.75 Å². The Labute approximate surface area is 124 Å². The summed E-state index contributed by atoms with van der Waals surface area (Å²) in [5.74, 6) is 3.07. The van der Waals surface area contributed by atoms with Gasteiger partial charge in [-0.3, -0.25) is 0 Å². The third-order valence-electron chi connectivity index (χ3n) is 3.30. The van der Waals surface area contributed by atoms with E-state index in [2.05, 4.69) is 10.3 Å². The molecule has 0 saturated carbocycles. The summed E-state index contributed by atoms with van der Waals surface area (Å²) in [5.41, 5.74) is 0.761. The van der Waals surface area contributed by atoms with Crippen LogP contribution in [0.2, 0.25) is 0 Å². The standard InChI is InChI=1S/C15H20N2O4/c1-9(16-2)15-17-8-14(21-15)10-6-12(19-4)13(20-5)7-11(10)18-3/h6-9,16H,1-5H3. The van der Waals surface area contributed by atoms with Gasteiger partial charge in [0.05, 0.1) is 39.1 Å². The first kappa shape index (κ1) is 15.2. The topological polar surface area (TPSA) is 65.8 Å². The van der Waals surface area contributed by atoms with Gasteiger partial charge in [0.15, 0.2) is 17.3 Å². The van der Waals surface area contributed by atoms with Crippen LogP contribution in [0.25, 0.3) is 11.3 Å². The minimum absolute atomic E-state index is 0.0323. The van der Waals surface area contributed by atoms with E-state index in [0.717, 1.165) is 5.56 Å². The molecule has 2 aromatic rings. The van der Waals surface area contributed by atoms with E-state index in [9.17, 15) is 0 Å². The van der Waals surface area contributed by atoms with E-state index in [1.54, 1.807) is 33.6 Å². The molecule has 0 spiro atoms. The van der Waals surface area contributed by atoms with Crippen LogP contribution in [0, 0.1) is 0 Å². The Bertz CT molecular complexity index is 610. The number of ether oxygens (including phenoxy) is 3. The van der Waals surface area contributed by atoms with Crippen LogP contribution in [0.5, 0.6) is 17.2 Å². The third-order valence-corrected chi connectivity index (χ3v) is 3.30. The highest BCUT2D eigenvalue weighted by atomic mass is 16.5. The van der Waals surface area contributed by atoms with Gasteiger partial charge in [0, 0.05) is 6.07 Å². The molecule has 1 aromatic carbocycles. The van der Waals surface area contributed by atoms with Crippen molar-refractivity contribution >= 4 is 0 Å². The fraction of sp³-hybridized carbons (Fsp3) is 0.400. The molecule has 0 aliphatic heterocycles. The molecule has 0 aliphatic carbocycles. The number of nitrogens with one attached hydrogen (secondary N) is 1. The normalized spacial score (nSPS) is 12.0. The lowest BCUT2D eigenvalue weighted by Gasteiger charge is -2.12. The summed E-state index contributed by atoms with van der Waals surface area (Å²) in [7, 11) is 6.62. The summed E-state index contributed by atoms with van der Waals surface area (Å²) in [6.07, 6.45) is 1.67. The monoisotopic (exact) mass is 292 g/mol. The quantitative estimate of drug-likeness (QED) is 0.883. The molecule has 0 fully saturated rings. The summed E-state index contributed by atoms with van der Waals surface area (Å²) < 4.78 is 21.8. The lowest BCUT2D eigenvalue weighted by molar-refractivity contribution is 0.349. The van der Waals surface area contributed by atoms with Crippen molar-refractivity contribution < 1.29 is 18.6 Å². The molecule has 1 heterocycles. The van der Waals surface area contributed by atoms with Crippen LogP contribution < -0.4 is 19.5 Å². The molecule has 1 atom stereocenters. The maximum Gasteiger partial charge on any atom is 0.211 e. The summed E-state index contributed by atoms with van der Waals surface area (Å²) in [6.45, 7) is 1.97. The molecular formula is C15H20N2O4. The van der Waals surface area contributed by atoms with Gasteiger partial charge in [-0.1, -0.05) is 0 Å². The van der Waals surface area contributed by atoms with Crippen LogP contribution in [0.15, 0.2) is 22.7 Å². The molecule has 0 radical (unpaired) electrons. The minimum atomic E-state index is 0.0323. The number of oxazole rings is 1. The Hall–Kier alpha value is -2.21. The number of hydrogen-bond acceptors (Lipinski definition) is 6. The van der Waals surface area contributed by atoms with Crippen molar-refractivity contribution in [2.24, 2.45) is 0 Å². The van der Waals surface area contributed by atoms with Gasteiger partial charge in [-0.25, -0.2) is 4.98 Å². The molecule has 0 bridgehead atoms. The molecule has 0 amide bonds. The van der Waals surface area contributed by atoms with Crippen LogP contribution >= 0.6 is 0 Å². The van der Waals surface area contributed by atoms with Gasteiger partial charge in [0.2, 0.25) is 5.89 Å². The molecule has 6 nitrogen and oxygen atoms in total. The minimum Gasteiger partial charge on any atom is -0.496 e. The Balaban J connectivity index is 2.49. The Morgan fingerprint density at radius 2 is 1.67 bits per heavy atom. The Morgan fingerprint density at radius 3 is 2.24 bits per heavy atom. The first-order valence-corrected chi connectivity index (χ1v) is 6.58. The lowest BCUT2D eigenvalue weighted by Crippen LogP contribution is -2.12. The Kier molecular flexibility index (Phi) is 4.70. The summed E-state index contributed by atoms with van der Waals surface area (Å²) in [6, 6.07) is 3.61. The number of rotatable bonds is 6. The van der Waals surface area contributed by atoms with E-state index in [4.69, 9.17) is 18.6 Å². The fourth-order valence-corrected chi connectivity index (χ4v) is 1.96. The highest BCUT2D eigenvalue weighted by Gasteiger charge is 2.18. The van der Waals surface area contributed by atoms with Crippen molar-refractivity contribution in [3.8, 4) is 28.6 Å². The molecule has 1 aromatic heterocycles. The summed E-state index contributed by atoms with van der Waals surface area (Å²) in [4.78, 5) is 4.28. The number of hydrogen-bond donors (Lipinski definition) is 1. The second-order valence-corrected chi connectivity index (χ2v) is 4.48. The van der Waals surface area contributed by atoms with Crippen molar-refractivity contribution in [1.29, 1.82) is 0 Å². The van der Waals surface area contributed by atoms with Crippen LogP contribution in [0.3, 0.4) is 0 Å². The SMILES string of the molecule is CNC(C)c1ncc(-c2cc(OC)c(OC)cc2OC)o1. The second kappa shape index (κ2) is 6.49. The maximum absolute atomic E-state index is 5.79. The number of benzene rings is 1. The average Bonchev–Trinajstić information content (AvgIpc) is 3.02. The number of aromatic nitrogens is 1. The number of nitrogens with zero attached hydrogens (tertiary/aromatic N) is 1. The molecule has 1 N–H and O–H groups in total. The first-order chi connectivity index (χ1) is 10.1. The number of methoxy groups -OCH3 is 3. The Morgan fingerprint density at radius 1 is 1.05 bits per heavy atom. The zero-order chi connectivity index (χ0) is 15.4. The highest BCUT2D eigenvalue weighted by molar-refractivity contribution is 5.70. The first-order valence-electron chi connectivity index (χ1n) is 6.58. The molecular weight excluding hydrogens is 272 g/mol.